The van der Waals surface area contributed by atoms with Crippen LogP contribution in [0.2, 0.25) is 0 Å². The summed E-state index contributed by atoms with van der Waals surface area (Å²) in [5.74, 6) is 1.97. The second kappa shape index (κ2) is 8.41. The molecule has 30 heavy (non-hydrogen) atoms. The van der Waals surface area contributed by atoms with Gasteiger partial charge in [0.1, 0.15) is 9.84 Å². The van der Waals surface area contributed by atoms with E-state index in [-0.39, 0.29) is 5.56 Å². The molecule has 0 bridgehead atoms. The van der Waals surface area contributed by atoms with Crippen molar-refractivity contribution in [2.24, 2.45) is 7.05 Å². The Morgan fingerprint density at radius 2 is 1.97 bits per heavy atom. The molecule has 4 rings (SSSR count). The summed E-state index contributed by atoms with van der Waals surface area (Å²) in [5, 5.41) is 4.31. The van der Waals surface area contributed by atoms with Gasteiger partial charge < -0.3 is 9.47 Å². The number of fused-ring (bicyclic) bond motifs is 1. The lowest BCUT2D eigenvalue weighted by Crippen LogP contribution is -2.19. The molecule has 0 saturated heterocycles. The van der Waals surface area contributed by atoms with Gasteiger partial charge in [0.2, 0.25) is 0 Å². The Bertz CT molecular complexity index is 1290. The highest BCUT2D eigenvalue weighted by atomic mass is 32.2. The molecule has 0 N–H and O–H groups in total. The fourth-order valence-electron chi connectivity index (χ4n) is 3.18. The van der Waals surface area contributed by atoms with Crippen LogP contribution < -0.4 is 15.0 Å². The molecule has 3 heterocycles. The second-order valence-corrected chi connectivity index (χ2v) is 9.70. The maximum atomic E-state index is 12.8. The largest absolute Gasteiger partial charge is 0.493 e. The monoisotopic (exact) mass is 459 g/mol. The number of para-hydroxylation sites is 1. The highest BCUT2D eigenvalue weighted by Crippen LogP contribution is 2.39. The van der Waals surface area contributed by atoms with Crippen molar-refractivity contribution in [3.63, 3.8) is 0 Å². The van der Waals surface area contributed by atoms with Gasteiger partial charge in [-0.1, -0.05) is 17.8 Å². The summed E-state index contributed by atoms with van der Waals surface area (Å²) in [6.07, 6.45) is 0. The second-order valence-electron chi connectivity index (χ2n) is 6.70. The number of rotatable bonds is 6. The maximum absolute atomic E-state index is 12.8. The van der Waals surface area contributed by atoms with E-state index < -0.39 is 0 Å². The van der Waals surface area contributed by atoms with Crippen molar-refractivity contribution in [1.82, 2.24) is 14.5 Å². The smallest absolute Gasteiger partial charge is 0.262 e. The summed E-state index contributed by atoms with van der Waals surface area (Å²) in [6, 6.07) is 5.76. The Kier molecular flexibility index (Phi) is 5.86. The van der Waals surface area contributed by atoms with Gasteiger partial charge in [-0.3, -0.25) is 9.36 Å². The molecule has 0 aliphatic carbocycles. The molecule has 0 amide bonds. The third-order valence-corrected chi connectivity index (χ3v) is 7.99. The molecule has 0 saturated carbocycles. The van der Waals surface area contributed by atoms with Crippen LogP contribution in [0, 0.1) is 13.8 Å². The first-order valence-corrected chi connectivity index (χ1v) is 11.9. The standard InChI is InChI=1S/C21H21N3O3S3/c1-11-12(2)30-19-16(11)20(25)24(3)21(23-19)29-10-13-9-28-18(22-13)14-7-6-8-15(26-4)17(14)27-5/h6-9H,10H2,1-5H3. The summed E-state index contributed by atoms with van der Waals surface area (Å²) < 4.78 is 12.5. The number of methoxy groups -OCH3 is 2. The lowest BCUT2D eigenvalue weighted by molar-refractivity contribution is 0.356. The SMILES string of the molecule is COc1cccc(-c2nc(CSc3nc4sc(C)c(C)c4c(=O)n3C)cs2)c1OC. The number of aryl methyl sites for hydroxylation is 2. The first-order valence-electron chi connectivity index (χ1n) is 9.19. The first kappa shape index (κ1) is 20.9. The average Bonchev–Trinajstić information content (AvgIpc) is 3.33. The quantitative estimate of drug-likeness (QED) is 0.297. The Morgan fingerprint density at radius 3 is 2.70 bits per heavy atom. The highest BCUT2D eigenvalue weighted by Gasteiger charge is 2.17. The van der Waals surface area contributed by atoms with E-state index in [9.17, 15) is 4.79 Å². The van der Waals surface area contributed by atoms with Crippen molar-refractivity contribution >= 4 is 44.7 Å². The van der Waals surface area contributed by atoms with Gasteiger partial charge in [-0.25, -0.2) is 9.97 Å². The predicted octanol–water partition coefficient (Wildman–Crippen LogP) is 5.04. The zero-order valence-electron chi connectivity index (χ0n) is 17.3. The highest BCUT2D eigenvalue weighted by molar-refractivity contribution is 7.98. The molecule has 6 nitrogen and oxygen atoms in total. The van der Waals surface area contributed by atoms with E-state index in [1.807, 2.05) is 37.4 Å². The minimum atomic E-state index is 0.00411. The molecule has 0 atom stereocenters. The van der Waals surface area contributed by atoms with Crippen molar-refractivity contribution in [3.8, 4) is 22.1 Å². The summed E-state index contributed by atoms with van der Waals surface area (Å²) in [7, 11) is 5.02. The van der Waals surface area contributed by atoms with Gasteiger partial charge in [0.25, 0.3) is 5.56 Å². The molecule has 0 spiro atoms. The molecular weight excluding hydrogens is 438 g/mol. The number of thioether (sulfide) groups is 1. The molecule has 0 radical (unpaired) electrons. The molecule has 0 fully saturated rings. The number of benzene rings is 1. The van der Waals surface area contributed by atoms with Crippen LogP contribution in [-0.4, -0.2) is 28.8 Å². The summed E-state index contributed by atoms with van der Waals surface area (Å²) in [6.45, 7) is 4.01. The third-order valence-electron chi connectivity index (χ3n) is 4.90. The van der Waals surface area contributed by atoms with Crippen LogP contribution in [0.15, 0.2) is 33.5 Å². The van der Waals surface area contributed by atoms with E-state index >= 15 is 0 Å². The van der Waals surface area contributed by atoms with Crippen molar-refractivity contribution in [2.45, 2.75) is 24.8 Å². The Labute approximate surface area is 186 Å². The van der Waals surface area contributed by atoms with E-state index in [2.05, 4.69) is 0 Å². The van der Waals surface area contributed by atoms with E-state index in [4.69, 9.17) is 19.4 Å². The molecular formula is C21H21N3O3S3. The van der Waals surface area contributed by atoms with E-state index in [1.165, 1.54) is 11.8 Å². The number of nitrogens with zero attached hydrogens (tertiary/aromatic N) is 3. The molecule has 0 aliphatic rings. The topological polar surface area (TPSA) is 66.2 Å². The molecule has 156 valence electrons. The minimum absolute atomic E-state index is 0.00411. The van der Waals surface area contributed by atoms with Gasteiger partial charge in [-0.15, -0.1) is 22.7 Å². The average molecular weight is 460 g/mol. The minimum Gasteiger partial charge on any atom is -0.493 e. The lowest BCUT2D eigenvalue weighted by atomic mass is 10.2. The van der Waals surface area contributed by atoms with Crippen molar-refractivity contribution in [2.75, 3.05) is 14.2 Å². The molecule has 0 unspecified atom stereocenters. The predicted molar refractivity (Wildman–Crippen MR) is 125 cm³/mol. The maximum Gasteiger partial charge on any atom is 0.262 e. The van der Waals surface area contributed by atoms with Crippen LogP contribution in [0.25, 0.3) is 20.8 Å². The van der Waals surface area contributed by atoms with Crippen LogP contribution >= 0.6 is 34.4 Å². The number of ether oxygens (including phenoxy) is 2. The molecule has 9 heteroatoms. The fourth-order valence-corrected chi connectivity index (χ4v) is 6.06. The Morgan fingerprint density at radius 1 is 1.17 bits per heavy atom. The van der Waals surface area contributed by atoms with E-state index in [0.29, 0.717) is 22.4 Å². The normalized spacial score (nSPS) is 11.2. The zero-order chi connectivity index (χ0) is 21.4. The lowest BCUT2D eigenvalue weighted by Gasteiger charge is -2.10. The Balaban J connectivity index is 1.60. The number of hydrogen-bond acceptors (Lipinski definition) is 8. The number of thiazole rings is 1. The van der Waals surface area contributed by atoms with Crippen LogP contribution in [0.4, 0.5) is 0 Å². The van der Waals surface area contributed by atoms with Crippen LogP contribution in [0.1, 0.15) is 16.1 Å². The van der Waals surface area contributed by atoms with Gasteiger partial charge in [0, 0.05) is 23.1 Å². The number of thiophene rings is 1. The van der Waals surface area contributed by atoms with Crippen molar-refractivity contribution < 1.29 is 9.47 Å². The van der Waals surface area contributed by atoms with E-state index in [0.717, 1.165) is 36.9 Å². The Hall–Kier alpha value is -2.36. The number of hydrogen-bond donors (Lipinski definition) is 0. The van der Waals surface area contributed by atoms with Gasteiger partial charge >= 0.3 is 0 Å². The summed E-state index contributed by atoms with van der Waals surface area (Å²) in [5.41, 5.74) is 2.85. The van der Waals surface area contributed by atoms with Crippen LogP contribution in [-0.2, 0) is 12.8 Å². The summed E-state index contributed by atoms with van der Waals surface area (Å²) in [4.78, 5) is 24.2. The van der Waals surface area contributed by atoms with Crippen molar-refractivity contribution in [3.05, 3.63) is 50.1 Å². The van der Waals surface area contributed by atoms with Crippen LogP contribution in [0.5, 0.6) is 11.5 Å². The van der Waals surface area contributed by atoms with Gasteiger partial charge in [-0.2, -0.15) is 0 Å². The molecule has 3 aromatic heterocycles. The molecule has 1 aromatic carbocycles. The zero-order valence-corrected chi connectivity index (χ0v) is 19.8. The van der Waals surface area contributed by atoms with Gasteiger partial charge in [0.15, 0.2) is 16.7 Å². The molecule has 0 aliphatic heterocycles. The van der Waals surface area contributed by atoms with Crippen molar-refractivity contribution in [1.29, 1.82) is 0 Å². The third kappa shape index (κ3) is 3.61. The first-order chi connectivity index (χ1) is 14.4. The van der Waals surface area contributed by atoms with Gasteiger partial charge in [-0.05, 0) is 31.5 Å². The molecule has 4 aromatic rings. The van der Waals surface area contributed by atoms with Gasteiger partial charge in [0.05, 0.1) is 30.9 Å². The number of aromatic nitrogens is 3. The van der Waals surface area contributed by atoms with E-state index in [1.54, 1.807) is 48.5 Å². The van der Waals surface area contributed by atoms with Crippen LogP contribution in [0.3, 0.4) is 0 Å². The summed E-state index contributed by atoms with van der Waals surface area (Å²) >= 11 is 4.64. The fraction of sp³-hybridized carbons (Fsp3) is 0.286.